The second kappa shape index (κ2) is 33.0. The molecule has 2 saturated heterocycles. The summed E-state index contributed by atoms with van der Waals surface area (Å²) in [7, 11) is -3.20. The van der Waals surface area contributed by atoms with Gasteiger partial charge in [0.1, 0.15) is 15.9 Å². The molecule has 33 heteroatoms. The number of nitrogens with zero attached hydrogens (tertiary/aromatic N) is 11. The van der Waals surface area contributed by atoms with Crippen molar-refractivity contribution in [3.63, 3.8) is 0 Å². The van der Waals surface area contributed by atoms with Crippen molar-refractivity contribution in [2.75, 3.05) is 31.2 Å². The number of aromatic nitrogens is 10. The van der Waals surface area contributed by atoms with E-state index in [1.54, 1.807) is 85.7 Å². The number of amides is 2. The summed E-state index contributed by atoms with van der Waals surface area (Å²) in [5.74, 6) is 2.73. The quantitative estimate of drug-likeness (QED) is 0.0307. The molecule has 25 nitrogen and oxygen atoms in total. The van der Waals surface area contributed by atoms with Gasteiger partial charge in [0.25, 0.3) is 38.3 Å². The summed E-state index contributed by atoms with van der Waals surface area (Å²) in [5, 5.41) is 24.8. The zero-order valence-corrected chi connectivity index (χ0v) is 68.9. The van der Waals surface area contributed by atoms with E-state index in [-0.39, 0.29) is 203 Å². The van der Waals surface area contributed by atoms with E-state index < -0.39 is 31.9 Å². The van der Waals surface area contributed by atoms with Gasteiger partial charge in [-0.15, -0.1) is 27.3 Å². The number of anilines is 1. The molecule has 8 heterocycles. The summed E-state index contributed by atoms with van der Waals surface area (Å²) in [4.78, 5) is 48.6. The third-order valence-corrected chi connectivity index (χ3v) is 22.2. The minimum Gasteiger partial charge on any atom is -1.00 e. The number of aryl methyl sites for hydroxylation is 3. The third kappa shape index (κ3) is 19.6. The zero-order chi connectivity index (χ0) is 65.7. The van der Waals surface area contributed by atoms with Gasteiger partial charge in [-0.2, -0.15) is 36.8 Å². The fourth-order valence-electron chi connectivity index (χ4n) is 12.3. The molecule has 0 unspecified atom stereocenters. The average Bonchev–Trinajstić information content (AvgIpc) is 1.55. The Morgan fingerprint density at radius 2 is 1.18 bits per heavy atom. The van der Waals surface area contributed by atoms with Crippen LogP contribution in [0.3, 0.4) is 0 Å². The molecule has 0 spiro atoms. The van der Waals surface area contributed by atoms with Crippen LogP contribution in [0.1, 0.15) is 143 Å². The SMILES string of the molecule is C[C@@H]1CNC(C)(C)C1.Cc1c(S(=O)(=O)NC(=O)c2ccc(-n3ccc(OCC4C(C)(C)C4(C)C)n3)nc2Cl)c[n+](C)n1C.Cc1nn(C)cc1S(=O)(=O)NC(=O)c1ccc(-n2ccc(OCC3C(C)(C)C3(C)C)n2)nc1N1C[C@@H](C)CC1(C)C.Cl.O=CO[O-].S.S.[H-].[K+].[K+]. The Morgan fingerprint density at radius 3 is 1.54 bits per heavy atom. The molecule has 0 radical (unpaired) electrons. The van der Waals surface area contributed by atoms with Crippen LogP contribution in [0.5, 0.6) is 11.8 Å². The first-order chi connectivity index (χ1) is 40.6. The summed E-state index contributed by atoms with van der Waals surface area (Å²) in [5.41, 5.74) is 1.87. The number of hydrogen-bond acceptors (Lipinski definition) is 18. The predicted octanol–water partition coefficient (Wildman–Crippen LogP) is 1.28. The molecule has 2 amide bonds. The van der Waals surface area contributed by atoms with E-state index >= 15 is 0 Å². The van der Waals surface area contributed by atoms with Gasteiger partial charge in [-0.05, 0) is 119 Å². The number of sulfonamides is 2. The molecule has 4 fully saturated rings. The van der Waals surface area contributed by atoms with E-state index in [1.807, 2.05) is 0 Å². The molecule has 2 saturated carbocycles. The van der Waals surface area contributed by atoms with Crippen LogP contribution in [-0.2, 0) is 50.9 Å². The smallest absolute Gasteiger partial charge is 1.00 e. The van der Waals surface area contributed by atoms with Crippen LogP contribution in [0.2, 0.25) is 5.15 Å². The molecule has 2 aliphatic heterocycles. The largest absolute Gasteiger partial charge is 1.00 e. The topological polar surface area (TPSA) is 298 Å². The van der Waals surface area contributed by atoms with Gasteiger partial charge in [0.05, 0.1) is 42.8 Å². The molecule has 4 aliphatic rings. The van der Waals surface area contributed by atoms with Gasteiger partial charge in [0, 0.05) is 67.2 Å². The minimum atomic E-state index is -4.14. The van der Waals surface area contributed by atoms with Gasteiger partial charge in [-0.25, -0.2) is 45.6 Å². The van der Waals surface area contributed by atoms with Crippen molar-refractivity contribution >= 4 is 95.2 Å². The predicted molar refractivity (Wildman–Crippen MR) is 357 cm³/mol. The summed E-state index contributed by atoms with van der Waals surface area (Å²) in [6.07, 6.45) is 8.49. The Bertz CT molecular complexity index is 3800. The van der Waals surface area contributed by atoms with Gasteiger partial charge in [0.2, 0.25) is 18.0 Å². The van der Waals surface area contributed by atoms with Crippen molar-refractivity contribution < 1.29 is 160 Å². The molecule has 508 valence electrons. The monoisotopic (exact) mass is 1460 g/mol. The van der Waals surface area contributed by atoms with Crippen molar-refractivity contribution in [1.82, 2.24) is 58.8 Å². The second-order valence-electron chi connectivity index (χ2n) is 27.2. The molecule has 2 atom stereocenters. The first-order valence-corrected chi connectivity index (χ1v) is 32.4. The molecule has 6 aromatic rings. The van der Waals surface area contributed by atoms with Gasteiger partial charge in [-0.1, -0.05) is 80.8 Å². The Hall–Kier alpha value is -2.68. The van der Waals surface area contributed by atoms with Gasteiger partial charge >= 0.3 is 103 Å². The third-order valence-electron chi connectivity index (χ3n) is 19.0. The molecule has 0 bridgehead atoms. The van der Waals surface area contributed by atoms with E-state index in [0.29, 0.717) is 83.7 Å². The van der Waals surface area contributed by atoms with Crippen LogP contribution in [0.15, 0.2) is 71.0 Å². The van der Waals surface area contributed by atoms with Gasteiger partial charge in [0.15, 0.2) is 23.6 Å². The number of nitrogens with one attached hydrogen (secondary N) is 3. The molecule has 93 heavy (non-hydrogen) atoms. The summed E-state index contributed by atoms with van der Waals surface area (Å²) >= 11 is 6.24. The Morgan fingerprint density at radius 1 is 0.731 bits per heavy atom. The van der Waals surface area contributed by atoms with Crippen LogP contribution >= 0.6 is 51.0 Å². The zero-order valence-electron chi connectivity index (χ0n) is 58.4. The minimum absolute atomic E-state index is 0. The molecule has 0 aromatic carbocycles. The fraction of sp³-hybridized carbons (Fsp3) is 0.583. The standard InChI is InChI=1S/C29H41N7O4S.C23H29ClN6O4S.C7H15N.CH2O3.ClH.2K.2H2S.H/c1-18-14-27(3,4)35(15-18)25-20(26(37)33-41(38,39)21-16-34(9)31-19(21)2)10-11-23(30-25)36-13-12-24(32-36)40-17-22-28(5,6)29(22,7)8;1-14-16(12-28(6)29(14)7)35(32,33)27-21(31)15-8-9-18(25-20(15)24)30-11-10-19(26-30)34-13-17-22(2,3)23(17,4)5;1-6-4-7(2,3)8-5-6;2-1-4-3;;;;;;/h10-13,16,18,22H,14-15,17H2,1-9H3,(H,33,37);8-12,17H,13H2,1-7H3;6,8H,4-5H2,1-3H3;1,3H;1H;;;2*1H2;/q;;;;;2*+1;;;-1/t18-;;6-;;;;;;;/m0.0......./s1. The molecule has 10 rings (SSSR count). The molecular formula is C60H93Cl2K2N14O11S4+. The maximum Gasteiger partial charge on any atom is 1.00 e. The maximum absolute atomic E-state index is 13.5. The number of hydrogen-bond donors (Lipinski definition) is 3. The van der Waals surface area contributed by atoms with Crippen molar-refractivity contribution in [3.8, 4) is 23.4 Å². The summed E-state index contributed by atoms with van der Waals surface area (Å²) in [6.45, 7) is 37.2. The van der Waals surface area contributed by atoms with Gasteiger partial charge in [-0.3, -0.25) is 19.1 Å². The normalized spacial score (nSPS) is 19.0. The fourth-order valence-corrected chi connectivity index (χ4v) is 15.0. The van der Waals surface area contributed by atoms with Crippen molar-refractivity contribution in [2.45, 2.75) is 144 Å². The number of halogens is 2. The summed E-state index contributed by atoms with van der Waals surface area (Å²) < 4.78 is 75.7. The van der Waals surface area contributed by atoms with E-state index in [0.717, 1.165) is 12.3 Å². The maximum atomic E-state index is 13.5. The molecule has 6 aromatic heterocycles. The molecule has 3 N–H and O–H groups in total. The van der Waals surface area contributed by atoms with Crippen LogP contribution < -0.4 is 142 Å². The second-order valence-corrected chi connectivity index (χ2v) is 30.8. The number of carbonyl (C=O) groups excluding carboxylic acids is 3. The number of ether oxygens (including phenoxy) is 2. The van der Waals surface area contributed by atoms with Crippen LogP contribution in [0, 0.1) is 59.2 Å². The van der Waals surface area contributed by atoms with E-state index in [9.17, 15) is 26.4 Å². The Kier molecular flexibility index (Phi) is 30.7. The number of carbonyl (C=O) groups is 3. The van der Waals surface area contributed by atoms with Crippen LogP contribution in [0.25, 0.3) is 11.6 Å². The number of rotatable bonds is 16. The van der Waals surface area contributed by atoms with Crippen LogP contribution in [0.4, 0.5) is 5.82 Å². The number of pyridine rings is 2. The van der Waals surface area contributed by atoms with Crippen molar-refractivity contribution in [3.05, 3.63) is 88.9 Å². The van der Waals surface area contributed by atoms with Crippen molar-refractivity contribution in [2.24, 2.45) is 66.5 Å². The molecular weight excluding hydrogens is 1370 g/mol. The first-order valence-electron chi connectivity index (χ1n) is 29.1. The van der Waals surface area contributed by atoms with Crippen molar-refractivity contribution in [1.29, 1.82) is 0 Å². The summed E-state index contributed by atoms with van der Waals surface area (Å²) in [6, 6.07) is 9.74. The molecule has 2 aliphatic carbocycles. The van der Waals surface area contributed by atoms with Gasteiger partial charge < -0.3 is 31.3 Å². The Balaban J connectivity index is 0.000000761. The van der Waals surface area contributed by atoms with Crippen LogP contribution in [-0.4, -0.2) is 116 Å². The first kappa shape index (κ1) is 86.4. The van der Waals surface area contributed by atoms with E-state index in [1.165, 1.54) is 46.9 Å². The van der Waals surface area contributed by atoms with E-state index in [4.69, 9.17) is 36.1 Å². The van der Waals surface area contributed by atoms with E-state index in [2.05, 4.69) is 142 Å². The Labute approximate surface area is 659 Å². The average molecular weight is 1460 g/mol.